The van der Waals surface area contributed by atoms with E-state index in [9.17, 15) is 13.2 Å². The molecule has 0 aromatic heterocycles. The molecule has 1 heterocycles. The molecule has 0 bridgehead atoms. The van der Waals surface area contributed by atoms with Crippen molar-refractivity contribution in [3.8, 4) is 0 Å². The van der Waals surface area contributed by atoms with E-state index in [0.29, 0.717) is 13.1 Å². The van der Waals surface area contributed by atoms with Crippen molar-refractivity contribution in [1.29, 1.82) is 0 Å². The van der Waals surface area contributed by atoms with Crippen LogP contribution in [0.2, 0.25) is 0 Å². The largest absolute Gasteiger partial charge is 0.366 e. The number of sulfonamides is 1. The van der Waals surface area contributed by atoms with Crippen LogP contribution in [0, 0.1) is 0 Å². The average Bonchev–Trinajstić information content (AvgIpc) is 2.39. The van der Waals surface area contributed by atoms with E-state index in [-0.39, 0.29) is 16.5 Å². The smallest absolute Gasteiger partial charge is 0.248 e. The van der Waals surface area contributed by atoms with Crippen LogP contribution in [0.4, 0.5) is 0 Å². The van der Waals surface area contributed by atoms with Gasteiger partial charge in [-0.15, -0.1) is 0 Å². The number of hydrogen-bond acceptors (Lipinski definition) is 4. The highest BCUT2D eigenvalue weighted by Crippen LogP contribution is 2.20. The van der Waals surface area contributed by atoms with Gasteiger partial charge in [0.2, 0.25) is 15.9 Å². The normalized spacial score (nSPS) is 21.2. The van der Waals surface area contributed by atoms with Gasteiger partial charge in [-0.25, -0.2) is 8.42 Å². The molecule has 1 unspecified atom stereocenters. The summed E-state index contributed by atoms with van der Waals surface area (Å²) in [4.78, 5) is 11.1. The number of hydrogen-bond donors (Lipinski definition) is 2. The molecule has 19 heavy (non-hydrogen) atoms. The fourth-order valence-electron chi connectivity index (χ4n) is 2.13. The Hall–Kier alpha value is -1.44. The van der Waals surface area contributed by atoms with Gasteiger partial charge in [-0.3, -0.25) is 4.79 Å². The van der Waals surface area contributed by atoms with Crippen molar-refractivity contribution < 1.29 is 13.2 Å². The zero-order chi connectivity index (χ0) is 14.0. The Bertz CT molecular complexity index is 568. The molecule has 0 radical (unpaired) electrons. The summed E-state index contributed by atoms with van der Waals surface area (Å²) in [7, 11) is -3.54. The third-order valence-electron chi connectivity index (χ3n) is 3.20. The predicted molar refractivity (Wildman–Crippen MR) is 70.9 cm³/mol. The molecule has 0 saturated carbocycles. The van der Waals surface area contributed by atoms with Gasteiger partial charge in [-0.1, -0.05) is 0 Å². The maximum absolute atomic E-state index is 12.4. The lowest BCUT2D eigenvalue weighted by Crippen LogP contribution is -2.45. The molecular formula is C12H17N3O3S. The SMILES string of the molecule is NC(=O)c1ccc(S(=O)(=O)N2CCCC(N)C2)cc1. The number of benzene rings is 1. The van der Waals surface area contributed by atoms with Gasteiger partial charge in [-0.05, 0) is 37.1 Å². The molecule has 1 aliphatic heterocycles. The van der Waals surface area contributed by atoms with E-state index in [1.54, 1.807) is 0 Å². The maximum Gasteiger partial charge on any atom is 0.248 e. The van der Waals surface area contributed by atoms with Gasteiger partial charge in [-0.2, -0.15) is 4.31 Å². The first kappa shape index (κ1) is 14.0. The van der Waals surface area contributed by atoms with Crippen molar-refractivity contribution >= 4 is 15.9 Å². The minimum absolute atomic E-state index is 0.117. The van der Waals surface area contributed by atoms with Gasteiger partial charge < -0.3 is 11.5 Å². The molecule has 0 spiro atoms. The Morgan fingerprint density at radius 2 is 1.89 bits per heavy atom. The molecule has 104 valence electrons. The Balaban J connectivity index is 2.26. The summed E-state index contributed by atoms with van der Waals surface area (Å²) in [6.45, 7) is 0.813. The molecule has 7 heteroatoms. The first-order valence-electron chi connectivity index (χ1n) is 6.07. The van der Waals surface area contributed by atoms with Crippen LogP contribution in [0.25, 0.3) is 0 Å². The highest BCUT2D eigenvalue weighted by molar-refractivity contribution is 7.89. The molecule has 1 atom stereocenters. The molecule has 1 aliphatic rings. The molecule has 4 N–H and O–H groups in total. The van der Waals surface area contributed by atoms with E-state index in [2.05, 4.69) is 0 Å². The lowest BCUT2D eigenvalue weighted by Gasteiger charge is -2.29. The van der Waals surface area contributed by atoms with Crippen molar-refractivity contribution in [2.24, 2.45) is 11.5 Å². The van der Waals surface area contributed by atoms with Crippen LogP contribution < -0.4 is 11.5 Å². The van der Waals surface area contributed by atoms with Crippen LogP contribution in [-0.2, 0) is 10.0 Å². The van der Waals surface area contributed by atoms with Crippen LogP contribution in [0.5, 0.6) is 0 Å². The van der Waals surface area contributed by atoms with E-state index in [1.807, 2.05) is 0 Å². The zero-order valence-corrected chi connectivity index (χ0v) is 11.3. The van der Waals surface area contributed by atoms with E-state index >= 15 is 0 Å². The fraction of sp³-hybridized carbons (Fsp3) is 0.417. The van der Waals surface area contributed by atoms with Gasteiger partial charge in [0.25, 0.3) is 0 Å². The van der Waals surface area contributed by atoms with Crippen molar-refractivity contribution in [2.45, 2.75) is 23.8 Å². The molecule has 1 fully saturated rings. The summed E-state index contributed by atoms with van der Waals surface area (Å²) >= 11 is 0. The zero-order valence-electron chi connectivity index (χ0n) is 10.5. The lowest BCUT2D eigenvalue weighted by molar-refractivity contribution is 0.1000. The van der Waals surface area contributed by atoms with Crippen LogP contribution in [0.1, 0.15) is 23.2 Å². The second kappa shape index (κ2) is 5.28. The van der Waals surface area contributed by atoms with E-state index < -0.39 is 15.9 Å². The van der Waals surface area contributed by atoms with E-state index in [0.717, 1.165) is 12.8 Å². The Morgan fingerprint density at radius 1 is 1.26 bits per heavy atom. The second-order valence-electron chi connectivity index (χ2n) is 4.65. The number of nitrogens with zero attached hydrogens (tertiary/aromatic N) is 1. The molecule has 0 aliphatic carbocycles. The van der Waals surface area contributed by atoms with Gasteiger partial charge >= 0.3 is 0 Å². The summed E-state index contributed by atoms with van der Waals surface area (Å²) in [6, 6.07) is 5.51. The Labute approximate surface area is 112 Å². The number of rotatable bonds is 3. The highest BCUT2D eigenvalue weighted by atomic mass is 32.2. The Morgan fingerprint density at radius 3 is 2.42 bits per heavy atom. The number of nitrogens with two attached hydrogens (primary N) is 2. The summed E-state index contributed by atoms with van der Waals surface area (Å²) in [5, 5.41) is 0. The summed E-state index contributed by atoms with van der Waals surface area (Å²) in [5.41, 5.74) is 11.2. The first-order valence-corrected chi connectivity index (χ1v) is 7.51. The third-order valence-corrected chi connectivity index (χ3v) is 5.08. The van der Waals surface area contributed by atoms with Crippen LogP contribution in [-0.4, -0.2) is 37.8 Å². The average molecular weight is 283 g/mol. The van der Waals surface area contributed by atoms with Gasteiger partial charge in [0.05, 0.1) is 4.90 Å². The molecular weight excluding hydrogens is 266 g/mol. The fourth-order valence-corrected chi connectivity index (χ4v) is 3.67. The van der Waals surface area contributed by atoms with Crippen molar-refractivity contribution in [2.75, 3.05) is 13.1 Å². The number of piperidine rings is 1. The van der Waals surface area contributed by atoms with E-state index in [4.69, 9.17) is 11.5 Å². The van der Waals surface area contributed by atoms with Crippen molar-refractivity contribution in [1.82, 2.24) is 4.31 Å². The third kappa shape index (κ3) is 2.94. The highest BCUT2D eigenvalue weighted by Gasteiger charge is 2.28. The standard InChI is InChI=1S/C12H17N3O3S/c13-10-2-1-7-15(8-10)19(17,18)11-5-3-9(4-6-11)12(14)16/h3-6,10H,1-2,7-8,13H2,(H2,14,16). The second-order valence-corrected chi connectivity index (χ2v) is 6.59. The van der Waals surface area contributed by atoms with Crippen LogP contribution >= 0.6 is 0 Å². The monoisotopic (exact) mass is 283 g/mol. The minimum atomic E-state index is -3.54. The van der Waals surface area contributed by atoms with Crippen LogP contribution in [0.3, 0.4) is 0 Å². The molecule has 1 aromatic rings. The molecule has 1 aromatic carbocycles. The predicted octanol–water partition coefficient (Wildman–Crippen LogP) is -0.103. The number of primary amides is 1. The number of carbonyl (C=O) groups is 1. The first-order chi connectivity index (χ1) is 8.91. The molecule has 2 rings (SSSR count). The van der Waals surface area contributed by atoms with Gasteiger partial charge in [0.1, 0.15) is 0 Å². The van der Waals surface area contributed by atoms with Gasteiger partial charge in [0, 0.05) is 24.7 Å². The topological polar surface area (TPSA) is 106 Å². The van der Waals surface area contributed by atoms with Crippen molar-refractivity contribution in [3.63, 3.8) is 0 Å². The number of amides is 1. The Kier molecular flexibility index (Phi) is 3.88. The molecule has 1 saturated heterocycles. The quantitative estimate of drug-likeness (QED) is 0.807. The molecule has 6 nitrogen and oxygen atoms in total. The van der Waals surface area contributed by atoms with Crippen LogP contribution in [0.15, 0.2) is 29.2 Å². The maximum atomic E-state index is 12.4. The molecule has 1 amide bonds. The summed E-state index contributed by atoms with van der Waals surface area (Å²) in [5.74, 6) is -0.580. The summed E-state index contributed by atoms with van der Waals surface area (Å²) in [6.07, 6.45) is 1.60. The van der Waals surface area contributed by atoms with Crippen molar-refractivity contribution in [3.05, 3.63) is 29.8 Å². The summed E-state index contributed by atoms with van der Waals surface area (Å²) < 4.78 is 26.1. The lowest BCUT2D eigenvalue weighted by atomic mass is 10.1. The van der Waals surface area contributed by atoms with E-state index in [1.165, 1.54) is 28.6 Å². The van der Waals surface area contributed by atoms with Gasteiger partial charge in [0.15, 0.2) is 0 Å². The number of carbonyl (C=O) groups excluding carboxylic acids is 1. The minimum Gasteiger partial charge on any atom is -0.366 e.